The topological polar surface area (TPSA) is 78.0 Å². The summed E-state index contributed by atoms with van der Waals surface area (Å²) in [5.74, 6) is 0.636. The summed E-state index contributed by atoms with van der Waals surface area (Å²) < 4.78 is 15.4. The maximum atomic E-state index is 12.2. The number of nitrogens with zero attached hydrogens (tertiary/aromatic N) is 2. The number of hydrogen-bond acceptors (Lipinski definition) is 6. The van der Waals surface area contributed by atoms with E-state index in [1.807, 2.05) is 26.8 Å². The Labute approximate surface area is 173 Å². The minimum Gasteiger partial charge on any atom is -0.481 e. The van der Waals surface area contributed by atoms with Crippen molar-refractivity contribution in [2.24, 2.45) is 5.92 Å². The van der Waals surface area contributed by atoms with Crippen LogP contribution in [0.25, 0.3) is 5.57 Å². The molecule has 0 N–H and O–H groups in total. The Balaban J connectivity index is 1.93. The van der Waals surface area contributed by atoms with Gasteiger partial charge < -0.3 is 19.1 Å². The van der Waals surface area contributed by atoms with Crippen LogP contribution in [0.1, 0.15) is 52.0 Å². The summed E-state index contributed by atoms with van der Waals surface area (Å²) in [6.45, 7) is 7.02. The number of piperidine rings is 1. The summed E-state index contributed by atoms with van der Waals surface area (Å²) in [5, 5.41) is 0. The Hall–Kier alpha value is -2.57. The molecule has 1 amide bonds. The van der Waals surface area contributed by atoms with Crippen molar-refractivity contribution < 1.29 is 23.8 Å². The number of methoxy groups -OCH3 is 2. The molecule has 0 unspecified atom stereocenters. The van der Waals surface area contributed by atoms with E-state index in [9.17, 15) is 9.59 Å². The SMILES string of the molecule is COC(=O)C=C(CCC1CCN(C(=O)OC(C)(C)C)CC1)c1ccc(OC)nc1. The van der Waals surface area contributed by atoms with Gasteiger partial charge in [-0.15, -0.1) is 0 Å². The molecule has 0 spiro atoms. The van der Waals surface area contributed by atoms with Gasteiger partial charge in [-0.2, -0.15) is 0 Å². The average Bonchev–Trinajstić information content (AvgIpc) is 2.70. The van der Waals surface area contributed by atoms with Crippen molar-refractivity contribution in [3.63, 3.8) is 0 Å². The van der Waals surface area contributed by atoms with Gasteiger partial charge in [0.1, 0.15) is 5.60 Å². The van der Waals surface area contributed by atoms with E-state index in [4.69, 9.17) is 14.2 Å². The highest BCUT2D eigenvalue weighted by Crippen LogP contribution is 2.28. The molecule has 0 aromatic carbocycles. The molecule has 1 fully saturated rings. The smallest absolute Gasteiger partial charge is 0.410 e. The van der Waals surface area contributed by atoms with Gasteiger partial charge in [0, 0.05) is 31.4 Å². The summed E-state index contributed by atoms with van der Waals surface area (Å²) in [6, 6.07) is 3.67. The molecule has 2 heterocycles. The van der Waals surface area contributed by atoms with E-state index < -0.39 is 5.60 Å². The van der Waals surface area contributed by atoms with Crippen LogP contribution in [0, 0.1) is 5.92 Å². The fraction of sp³-hybridized carbons (Fsp3) is 0.591. The monoisotopic (exact) mass is 404 g/mol. The Bertz CT molecular complexity index is 714. The number of carbonyl (C=O) groups is 2. The normalized spacial score (nSPS) is 15.8. The summed E-state index contributed by atoms with van der Waals surface area (Å²) in [6.07, 6.45) is 6.50. The van der Waals surface area contributed by atoms with Crippen molar-refractivity contribution in [1.29, 1.82) is 0 Å². The molecule has 0 bridgehead atoms. The fourth-order valence-electron chi connectivity index (χ4n) is 3.28. The summed E-state index contributed by atoms with van der Waals surface area (Å²) in [5.41, 5.74) is 1.29. The maximum Gasteiger partial charge on any atom is 0.410 e. The van der Waals surface area contributed by atoms with Gasteiger partial charge in [-0.05, 0) is 69.6 Å². The zero-order valence-corrected chi connectivity index (χ0v) is 18.1. The Morgan fingerprint density at radius 3 is 2.41 bits per heavy atom. The van der Waals surface area contributed by atoms with Crippen molar-refractivity contribution in [3.05, 3.63) is 30.0 Å². The predicted octanol–water partition coefficient (Wildman–Crippen LogP) is 4.07. The van der Waals surface area contributed by atoms with E-state index in [0.29, 0.717) is 24.9 Å². The van der Waals surface area contributed by atoms with Gasteiger partial charge in [0.25, 0.3) is 0 Å². The molecule has 1 saturated heterocycles. The zero-order valence-electron chi connectivity index (χ0n) is 18.1. The van der Waals surface area contributed by atoms with E-state index in [1.54, 1.807) is 24.3 Å². The van der Waals surface area contributed by atoms with Crippen molar-refractivity contribution in [3.8, 4) is 5.88 Å². The molecule has 1 aromatic rings. The van der Waals surface area contributed by atoms with E-state index in [0.717, 1.165) is 36.8 Å². The Kier molecular flexibility index (Phi) is 8.05. The average molecular weight is 405 g/mol. The molecular weight excluding hydrogens is 372 g/mol. The van der Waals surface area contributed by atoms with Crippen LogP contribution in [0.4, 0.5) is 4.79 Å². The molecule has 0 aliphatic carbocycles. The van der Waals surface area contributed by atoms with Gasteiger partial charge in [0.2, 0.25) is 5.88 Å². The molecule has 7 nitrogen and oxygen atoms in total. The lowest BCUT2D eigenvalue weighted by atomic mass is 9.89. The second kappa shape index (κ2) is 10.3. The van der Waals surface area contributed by atoms with Gasteiger partial charge in [0.05, 0.1) is 14.2 Å². The molecule has 2 rings (SSSR count). The van der Waals surface area contributed by atoms with Crippen molar-refractivity contribution in [2.45, 2.75) is 52.1 Å². The molecular formula is C22H32N2O5. The number of pyridine rings is 1. The summed E-state index contributed by atoms with van der Waals surface area (Å²) >= 11 is 0. The lowest BCUT2D eigenvalue weighted by Crippen LogP contribution is -2.41. The maximum absolute atomic E-state index is 12.2. The summed E-state index contributed by atoms with van der Waals surface area (Å²) in [4.78, 5) is 30.0. The van der Waals surface area contributed by atoms with Gasteiger partial charge in [0.15, 0.2) is 0 Å². The van der Waals surface area contributed by atoms with Gasteiger partial charge in [-0.1, -0.05) is 0 Å². The lowest BCUT2D eigenvalue weighted by Gasteiger charge is -2.33. The number of esters is 1. The number of carbonyl (C=O) groups excluding carboxylic acids is 2. The van der Waals surface area contributed by atoms with Gasteiger partial charge in [-0.25, -0.2) is 14.6 Å². The Morgan fingerprint density at radius 1 is 1.21 bits per heavy atom. The highest BCUT2D eigenvalue weighted by atomic mass is 16.6. The van der Waals surface area contributed by atoms with Crippen LogP contribution in [0.5, 0.6) is 5.88 Å². The van der Waals surface area contributed by atoms with Crippen LogP contribution in [-0.4, -0.2) is 54.9 Å². The van der Waals surface area contributed by atoms with Crippen LogP contribution in [0.2, 0.25) is 0 Å². The van der Waals surface area contributed by atoms with E-state index in [1.165, 1.54) is 13.2 Å². The second-order valence-corrected chi connectivity index (χ2v) is 8.23. The molecule has 1 aromatic heterocycles. The van der Waals surface area contributed by atoms with Crippen molar-refractivity contribution in [2.75, 3.05) is 27.3 Å². The minimum atomic E-state index is -0.478. The molecule has 1 aliphatic heterocycles. The Morgan fingerprint density at radius 2 is 1.90 bits per heavy atom. The van der Waals surface area contributed by atoms with Gasteiger partial charge >= 0.3 is 12.1 Å². The third-order valence-electron chi connectivity index (χ3n) is 4.90. The predicted molar refractivity (Wildman–Crippen MR) is 111 cm³/mol. The highest BCUT2D eigenvalue weighted by molar-refractivity contribution is 5.91. The van der Waals surface area contributed by atoms with E-state index in [2.05, 4.69) is 4.98 Å². The van der Waals surface area contributed by atoms with Crippen LogP contribution in [0.3, 0.4) is 0 Å². The third-order valence-corrected chi connectivity index (χ3v) is 4.90. The third kappa shape index (κ3) is 7.40. The summed E-state index contributed by atoms with van der Waals surface area (Å²) in [7, 11) is 2.94. The van der Waals surface area contributed by atoms with Gasteiger partial charge in [-0.3, -0.25) is 0 Å². The van der Waals surface area contributed by atoms with E-state index in [-0.39, 0.29) is 12.1 Å². The van der Waals surface area contributed by atoms with Crippen LogP contribution < -0.4 is 4.74 Å². The first-order valence-electron chi connectivity index (χ1n) is 9.98. The van der Waals surface area contributed by atoms with Crippen LogP contribution in [-0.2, 0) is 14.3 Å². The standard InChI is InChI=1S/C22H32N2O5/c1-22(2,3)29-21(26)24-12-10-16(11-13-24)6-7-17(14-20(25)28-5)18-8-9-19(27-4)23-15-18/h8-9,14-16H,6-7,10-13H2,1-5H3. The number of ether oxygens (including phenoxy) is 3. The quantitative estimate of drug-likeness (QED) is 0.525. The first kappa shape index (κ1) is 22.7. The van der Waals surface area contributed by atoms with Crippen LogP contribution >= 0.6 is 0 Å². The number of likely N-dealkylation sites (tertiary alicyclic amines) is 1. The van der Waals surface area contributed by atoms with Crippen molar-refractivity contribution >= 4 is 17.6 Å². The number of hydrogen-bond donors (Lipinski definition) is 0. The van der Waals surface area contributed by atoms with Crippen LogP contribution in [0.15, 0.2) is 24.4 Å². The number of allylic oxidation sites excluding steroid dienone is 1. The second-order valence-electron chi connectivity index (χ2n) is 8.23. The first-order valence-corrected chi connectivity index (χ1v) is 9.98. The van der Waals surface area contributed by atoms with E-state index >= 15 is 0 Å². The first-order chi connectivity index (χ1) is 13.7. The number of aromatic nitrogens is 1. The number of rotatable bonds is 6. The molecule has 0 atom stereocenters. The highest BCUT2D eigenvalue weighted by Gasteiger charge is 2.26. The molecule has 29 heavy (non-hydrogen) atoms. The molecule has 0 saturated carbocycles. The molecule has 160 valence electrons. The minimum absolute atomic E-state index is 0.244. The zero-order chi connectivity index (χ0) is 21.4. The fourth-order valence-corrected chi connectivity index (χ4v) is 3.28. The molecule has 1 aliphatic rings. The molecule has 0 radical (unpaired) electrons. The largest absolute Gasteiger partial charge is 0.481 e. The van der Waals surface area contributed by atoms with Crippen molar-refractivity contribution in [1.82, 2.24) is 9.88 Å². The number of amides is 1. The lowest BCUT2D eigenvalue weighted by molar-refractivity contribution is -0.134. The molecule has 7 heteroatoms.